The maximum Gasteiger partial charge on any atom is 0.319 e. The molecule has 0 bridgehead atoms. The molecule has 0 radical (unpaired) electrons. The van der Waals surface area contributed by atoms with Gasteiger partial charge < -0.3 is 26.4 Å². The van der Waals surface area contributed by atoms with Gasteiger partial charge in [-0.25, -0.2) is 4.79 Å². The van der Waals surface area contributed by atoms with Crippen molar-refractivity contribution in [1.82, 2.24) is 10.6 Å². The molecule has 0 aliphatic rings. The Hall–Kier alpha value is -1.83. The largest absolute Gasteiger partial charge is 0.380 e. The fourth-order valence-electron chi connectivity index (χ4n) is 1.88. The van der Waals surface area contributed by atoms with Gasteiger partial charge in [-0.3, -0.25) is 4.79 Å². The minimum atomic E-state index is -0.263. The molecule has 1 aromatic carbocycles. The van der Waals surface area contributed by atoms with E-state index in [1.165, 1.54) is 7.11 Å². The Kier molecular flexibility index (Phi) is 10.8. The third-order valence-corrected chi connectivity index (χ3v) is 3.13. The lowest BCUT2D eigenvalue weighted by Gasteiger charge is -2.13. The van der Waals surface area contributed by atoms with Gasteiger partial charge in [0.25, 0.3) is 0 Å². The summed E-state index contributed by atoms with van der Waals surface area (Å²) in [6, 6.07) is 7.12. The molecular formula is C16H27ClN4O3. The van der Waals surface area contributed by atoms with Crippen molar-refractivity contribution in [1.29, 1.82) is 0 Å². The zero-order chi connectivity index (χ0) is 17.2. The predicted octanol–water partition coefficient (Wildman–Crippen LogP) is 1.62. The smallest absolute Gasteiger partial charge is 0.319 e. The van der Waals surface area contributed by atoms with Gasteiger partial charge >= 0.3 is 6.03 Å². The van der Waals surface area contributed by atoms with Crippen LogP contribution < -0.4 is 21.7 Å². The first-order chi connectivity index (χ1) is 10.9. The summed E-state index contributed by atoms with van der Waals surface area (Å²) >= 11 is 0. The molecule has 136 valence electrons. The summed E-state index contributed by atoms with van der Waals surface area (Å²) in [4.78, 5) is 23.3. The van der Waals surface area contributed by atoms with E-state index in [0.29, 0.717) is 18.8 Å². The predicted molar refractivity (Wildman–Crippen MR) is 97.3 cm³/mol. The number of carbonyl (C=O) groups is 2. The molecule has 0 saturated heterocycles. The zero-order valence-corrected chi connectivity index (χ0v) is 15.1. The SMILES string of the molecule is COC(CN)CC(=O)NCc1ccc(NC(=O)NC(C)C)cc1.Cl. The van der Waals surface area contributed by atoms with Gasteiger partial charge in [0.15, 0.2) is 0 Å². The van der Waals surface area contributed by atoms with E-state index in [-0.39, 0.29) is 42.9 Å². The van der Waals surface area contributed by atoms with Crippen LogP contribution in [0.3, 0.4) is 0 Å². The number of nitrogens with one attached hydrogen (secondary N) is 3. The Bertz CT molecular complexity index is 505. The number of ether oxygens (including phenoxy) is 1. The highest BCUT2D eigenvalue weighted by Gasteiger charge is 2.11. The zero-order valence-electron chi connectivity index (χ0n) is 14.3. The van der Waals surface area contributed by atoms with E-state index >= 15 is 0 Å². The quantitative estimate of drug-likeness (QED) is 0.566. The standard InChI is InChI=1S/C16H26N4O3.ClH/c1-11(2)19-16(22)20-13-6-4-12(5-7-13)10-18-15(21)8-14(9-17)23-3;/h4-7,11,14H,8-10,17H2,1-3H3,(H,18,21)(H2,19,20,22);1H. The molecule has 1 unspecified atom stereocenters. The number of carbonyl (C=O) groups excluding carboxylic acids is 2. The van der Waals surface area contributed by atoms with Crippen LogP contribution >= 0.6 is 12.4 Å². The van der Waals surface area contributed by atoms with Crippen molar-refractivity contribution in [2.24, 2.45) is 5.73 Å². The number of amides is 3. The van der Waals surface area contributed by atoms with Crippen molar-refractivity contribution in [3.05, 3.63) is 29.8 Å². The molecule has 0 aliphatic carbocycles. The van der Waals surface area contributed by atoms with Gasteiger partial charge in [-0.15, -0.1) is 12.4 Å². The van der Waals surface area contributed by atoms with E-state index in [4.69, 9.17) is 10.5 Å². The number of benzene rings is 1. The minimum Gasteiger partial charge on any atom is -0.380 e. The lowest BCUT2D eigenvalue weighted by Crippen LogP contribution is -2.34. The Balaban J connectivity index is 0.00000529. The van der Waals surface area contributed by atoms with Gasteiger partial charge in [-0.1, -0.05) is 12.1 Å². The molecule has 0 aliphatic heterocycles. The first-order valence-electron chi connectivity index (χ1n) is 7.60. The molecule has 5 N–H and O–H groups in total. The lowest BCUT2D eigenvalue weighted by molar-refractivity contribution is -0.123. The first kappa shape index (κ1) is 22.2. The molecule has 0 fully saturated rings. The lowest BCUT2D eigenvalue weighted by atomic mass is 10.2. The van der Waals surface area contributed by atoms with Gasteiger partial charge in [0.1, 0.15) is 0 Å². The van der Waals surface area contributed by atoms with Crippen LogP contribution in [-0.4, -0.2) is 37.7 Å². The van der Waals surface area contributed by atoms with E-state index in [9.17, 15) is 9.59 Å². The van der Waals surface area contributed by atoms with Gasteiger partial charge in [0.2, 0.25) is 5.91 Å². The molecule has 0 saturated carbocycles. The summed E-state index contributed by atoms with van der Waals surface area (Å²) in [5.41, 5.74) is 7.12. The number of nitrogens with two attached hydrogens (primary N) is 1. The average Bonchev–Trinajstić information content (AvgIpc) is 2.51. The van der Waals surface area contributed by atoms with Crippen molar-refractivity contribution in [2.75, 3.05) is 19.0 Å². The van der Waals surface area contributed by atoms with Crippen molar-refractivity contribution in [3.63, 3.8) is 0 Å². The number of hydrogen-bond acceptors (Lipinski definition) is 4. The van der Waals surface area contributed by atoms with E-state index in [2.05, 4.69) is 16.0 Å². The maximum atomic E-state index is 11.7. The van der Waals surface area contributed by atoms with E-state index in [0.717, 1.165) is 5.56 Å². The second-order valence-corrected chi connectivity index (χ2v) is 5.52. The van der Waals surface area contributed by atoms with Crippen LogP contribution in [0, 0.1) is 0 Å². The summed E-state index contributed by atoms with van der Waals surface area (Å²) in [5, 5.41) is 8.30. The fraction of sp³-hybridized carbons (Fsp3) is 0.500. The summed E-state index contributed by atoms with van der Waals surface area (Å²) in [7, 11) is 1.53. The van der Waals surface area contributed by atoms with Crippen molar-refractivity contribution >= 4 is 30.0 Å². The van der Waals surface area contributed by atoms with Crippen LogP contribution in [0.25, 0.3) is 0 Å². The number of rotatable bonds is 8. The summed E-state index contributed by atoms with van der Waals surface area (Å²) in [5.74, 6) is -0.110. The maximum absolute atomic E-state index is 11.7. The highest BCUT2D eigenvalue weighted by molar-refractivity contribution is 5.89. The number of hydrogen-bond donors (Lipinski definition) is 4. The first-order valence-corrected chi connectivity index (χ1v) is 7.60. The minimum absolute atomic E-state index is 0. The van der Waals surface area contributed by atoms with E-state index in [1.807, 2.05) is 26.0 Å². The number of halogens is 1. The van der Waals surface area contributed by atoms with Gasteiger partial charge in [0, 0.05) is 31.9 Å². The fourth-order valence-corrected chi connectivity index (χ4v) is 1.88. The number of methoxy groups -OCH3 is 1. The van der Waals surface area contributed by atoms with Crippen LogP contribution in [0.4, 0.5) is 10.5 Å². The highest BCUT2D eigenvalue weighted by atomic mass is 35.5. The van der Waals surface area contributed by atoms with Gasteiger partial charge in [-0.05, 0) is 31.5 Å². The molecule has 1 aromatic rings. The van der Waals surface area contributed by atoms with Gasteiger partial charge in [0.05, 0.1) is 12.5 Å². The van der Waals surface area contributed by atoms with Gasteiger partial charge in [-0.2, -0.15) is 0 Å². The monoisotopic (exact) mass is 358 g/mol. The summed E-state index contributed by atoms with van der Waals surface area (Å²) in [6.45, 7) is 4.51. The molecule has 7 nitrogen and oxygen atoms in total. The topological polar surface area (TPSA) is 105 Å². The van der Waals surface area contributed by atoms with E-state index in [1.54, 1.807) is 12.1 Å². The molecule has 0 spiro atoms. The molecule has 1 atom stereocenters. The third-order valence-electron chi connectivity index (χ3n) is 3.13. The van der Waals surface area contributed by atoms with Crippen LogP contribution in [0.15, 0.2) is 24.3 Å². The van der Waals surface area contributed by atoms with Crippen LogP contribution in [0.1, 0.15) is 25.8 Å². The molecule has 0 heterocycles. The van der Waals surface area contributed by atoms with Crippen molar-refractivity contribution < 1.29 is 14.3 Å². The van der Waals surface area contributed by atoms with Crippen LogP contribution in [0.5, 0.6) is 0 Å². The third kappa shape index (κ3) is 8.71. The molecule has 24 heavy (non-hydrogen) atoms. The molecule has 3 amide bonds. The average molecular weight is 359 g/mol. The number of urea groups is 1. The van der Waals surface area contributed by atoms with Crippen LogP contribution in [-0.2, 0) is 16.1 Å². The van der Waals surface area contributed by atoms with Crippen molar-refractivity contribution in [3.8, 4) is 0 Å². The van der Waals surface area contributed by atoms with Crippen LogP contribution in [0.2, 0.25) is 0 Å². The number of anilines is 1. The Labute approximate surface area is 149 Å². The summed E-state index contributed by atoms with van der Waals surface area (Å²) in [6.07, 6.45) is -0.0248. The molecule has 1 rings (SSSR count). The Morgan fingerprint density at radius 2 is 1.83 bits per heavy atom. The Morgan fingerprint density at radius 1 is 1.21 bits per heavy atom. The normalized spacial score (nSPS) is 11.4. The second-order valence-electron chi connectivity index (χ2n) is 5.52. The Morgan fingerprint density at radius 3 is 2.33 bits per heavy atom. The van der Waals surface area contributed by atoms with E-state index < -0.39 is 0 Å². The summed E-state index contributed by atoms with van der Waals surface area (Å²) < 4.78 is 5.07. The molecule has 8 heteroatoms. The second kappa shape index (κ2) is 11.7. The molecular weight excluding hydrogens is 332 g/mol. The van der Waals surface area contributed by atoms with Crippen molar-refractivity contribution in [2.45, 2.75) is 39.0 Å². The highest BCUT2D eigenvalue weighted by Crippen LogP contribution is 2.09. The molecule has 0 aromatic heterocycles.